The third kappa shape index (κ3) is 4.74. The molecule has 0 radical (unpaired) electrons. The fraction of sp³-hybridized carbons (Fsp3) is 0.250. The van der Waals surface area contributed by atoms with Crippen molar-refractivity contribution in [2.75, 3.05) is 11.9 Å². The van der Waals surface area contributed by atoms with Crippen LogP contribution in [-0.4, -0.2) is 22.1 Å². The molecule has 0 aliphatic heterocycles. The van der Waals surface area contributed by atoms with E-state index in [1.165, 1.54) is 10.6 Å². The second-order valence-corrected chi connectivity index (χ2v) is 6.28. The number of benzene rings is 2. The summed E-state index contributed by atoms with van der Waals surface area (Å²) in [6.45, 7) is 1.75. The van der Waals surface area contributed by atoms with E-state index >= 15 is 0 Å². The Labute approximate surface area is 163 Å². The summed E-state index contributed by atoms with van der Waals surface area (Å²) in [7, 11) is 0. The summed E-state index contributed by atoms with van der Waals surface area (Å²) in [6.07, 6.45) is -2.83. The van der Waals surface area contributed by atoms with Gasteiger partial charge in [-0.2, -0.15) is 13.2 Å². The Kier molecular flexibility index (Phi) is 5.86. The molecular formula is C20H18F3N3O3. The Morgan fingerprint density at radius 1 is 1.21 bits per heavy atom. The number of nitrogens with one attached hydrogen (secondary N) is 1. The van der Waals surface area contributed by atoms with Gasteiger partial charge in [-0.15, -0.1) is 0 Å². The fourth-order valence-corrected chi connectivity index (χ4v) is 2.75. The summed E-state index contributed by atoms with van der Waals surface area (Å²) in [5.41, 5.74) is -0.550. The second-order valence-electron chi connectivity index (χ2n) is 6.28. The van der Waals surface area contributed by atoms with Gasteiger partial charge < -0.3 is 10.1 Å². The minimum atomic E-state index is -4.57. The molecule has 0 aliphatic rings. The van der Waals surface area contributed by atoms with Crippen molar-refractivity contribution in [1.29, 1.82) is 0 Å². The van der Waals surface area contributed by atoms with Crippen LogP contribution < -0.4 is 15.6 Å². The number of rotatable bonds is 6. The number of anilines is 1. The van der Waals surface area contributed by atoms with Gasteiger partial charge >= 0.3 is 6.18 Å². The van der Waals surface area contributed by atoms with Gasteiger partial charge in [-0.25, -0.2) is 4.98 Å². The largest absolute Gasteiger partial charge is 0.491 e. The molecule has 0 saturated carbocycles. The number of fused-ring (bicyclic) bond motifs is 1. The van der Waals surface area contributed by atoms with Crippen LogP contribution in [0.4, 0.5) is 18.9 Å². The number of carbonyl (C=O) groups excluding carboxylic acids is 1. The first-order valence-electron chi connectivity index (χ1n) is 8.88. The van der Waals surface area contributed by atoms with Gasteiger partial charge in [0.2, 0.25) is 5.91 Å². The average molecular weight is 405 g/mol. The van der Waals surface area contributed by atoms with Crippen LogP contribution in [-0.2, 0) is 17.5 Å². The molecule has 9 heteroatoms. The molecule has 1 amide bonds. The number of hydrogen-bond acceptors (Lipinski definition) is 4. The van der Waals surface area contributed by atoms with E-state index in [0.717, 1.165) is 18.3 Å². The number of carbonyl (C=O) groups is 1. The maximum absolute atomic E-state index is 13.1. The highest BCUT2D eigenvalue weighted by Crippen LogP contribution is 2.35. The average Bonchev–Trinajstić information content (AvgIpc) is 2.68. The monoisotopic (exact) mass is 405 g/mol. The highest BCUT2D eigenvalue weighted by Gasteiger charge is 2.31. The molecule has 0 unspecified atom stereocenters. The molecule has 0 aliphatic carbocycles. The number of alkyl halides is 3. The van der Waals surface area contributed by atoms with Gasteiger partial charge in [-0.1, -0.05) is 19.1 Å². The number of hydrogen-bond donors (Lipinski definition) is 1. The maximum atomic E-state index is 13.1. The zero-order valence-corrected chi connectivity index (χ0v) is 15.5. The van der Waals surface area contributed by atoms with E-state index in [2.05, 4.69) is 10.3 Å². The third-order valence-electron chi connectivity index (χ3n) is 4.10. The Morgan fingerprint density at radius 3 is 2.69 bits per heavy atom. The minimum Gasteiger partial charge on any atom is -0.491 e. The van der Waals surface area contributed by atoms with Crippen molar-refractivity contribution in [3.8, 4) is 5.75 Å². The lowest BCUT2D eigenvalue weighted by atomic mass is 10.1. The van der Waals surface area contributed by atoms with Crippen LogP contribution in [0.15, 0.2) is 53.5 Å². The van der Waals surface area contributed by atoms with Crippen LogP contribution in [0, 0.1) is 0 Å². The molecule has 0 atom stereocenters. The van der Waals surface area contributed by atoms with Gasteiger partial charge in [-0.05, 0) is 36.8 Å². The number of para-hydroxylation sites is 2. The van der Waals surface area contributed by atoms with Crippen molar-refractivity contribution in [2.24, 2.45) is 0 Å². The standard InChI is InChI=1S/C20H18F3N3O3/c1-2-9-29-17-8-7-13(20(21,22)23)10-15(17)25-18(27)12-26-16-6-4-3-5-14(16)24-11-19(26)28/h3-8,10-11H,2,9,12H2,1H3,(H,25,27). The van der Waals surface area contributed by atoms with Crippen molar-refractivity contribution in [2.45, 2.75) is 26.1 Å². The van der Waals surface area contributed by atoms with E-state index in [4.69, 9.17) is 4.74 Å². The molecule has 1 aromatic heterocycles. The van der Waals surface area contributed by atoms with E-state index in [9.17, 15) is 22.8 Å². The summed E-state index contributed by atoms with van der Waals surface area (Å²) in [5.74, 6) is -0.538. The van der Waals surface area contributed by atoms with Crippen LogP contribution in [0.25, 0.3) is 11.0 Å². The van der Waals surface area contributed by atoms with Crippen molar-refractivity contribution in [1.82, 2.24) is 9.55 Å². The Bertz CT molecular complexity index is 1090. The lowest BCUT2D eigenvalue weighted by Crippen LogP contribution is -2.28. The molecule has 1 heterocycles. The van der Waals surface area contributed by atoms with E-state index in [1.807, 2.05) is 6.92 Å². The number of aromatic nitrogens is 2. The minimum absolute atomic E-state index is 0.107. The van der Waals surface area contributed by atoms with Crippen LogP contribution in [0.2, 0.25) is 0 Å². The third-order valence-corrected chi connectivity index (χ3v) is 4.10. The SMILES string of the molecule is CCCOc1ccc(C(F)(F)F)cc1NC(=O)Cn1c(=O)cnc2ccccc21. The van der Waals surface area contributed by atoms with Gasteiger partial charge in [0.05, 0.1) is 35.1 Å². The summed E-state index contributed by atoms with van der Waals surface area (Å²) in [4.78, 5) is 28.7. The van der Waals surface area contributed by atoms with Gasteiger partial charge in [0, 0.05) is 0 Å². The molecule has 29 heavy (non-hydrogen) atoms. The van der Waals surface area contributed by atoms with Crippen molar-refractivity contribution >= 4 is 22.6 Å². The fourth-order valence-electron chi connectivity index (χ4n) is 2.75. The predicted molar refractivity (Wildman–Crippen MR) is 102 cm³/mol. The Morgan fingerprint density at radius 2 is 1.97 bits per heavy atom. The molecule has 0 saturated heterocycles. The molecule has 0 spiro atoms. The predicted octanol–water partition coefficient (Wildman–Crippen LogP) is 3.84. The highest BCUT2D eigenvalue weighted by molar-refractivity contribution is 5.93. The summed E-state index contributed by atoms with van der Waals surface area (Å²) in [6, 6.07) is 9.63. The molecule has 2 aromatic carbocycles. The molecule has 6 nitrogen and oxygen atoms in total. The quantitative estimate of drug-likeness (QED) is 0.676. The number of ether oxygens (including phenoxy) is 1. The zero-order chi connectivity index (χ0) is 21.0. The van der Waals surface area contributed by atoms with E-state index < -0.39 is 23.2 Å². The summed E-state index contributed by atoms with van der Waals surface area (Å²) >= 11 is 0. The maximum Gasteiger partial charge on any atom is 0.416 e. The van der Waals surface area contributed by atoms with Gasteiger partial charge in [0.15, 0.2) is 0 Å². The normalized spacial score (nSPS) is 11.4. The first-order chi connectivity index (χ1) is 13.8. The van der Waals surface area contributed by atoms with Crippen molar-refractivity contribution in [3.05, 3.63) is 64.6 Å². The first kappa shape index (κ1) is 20.4. The molecule has 3 aromatic rings. The van der Waals surface area contributed by atoms with Gasteiger partial charge in [0.1, 0.15) is 12.3 Å². The number of amides is 1. The molecule has 0 bridgehead atoms. The van der Waals surface area contributed by atoms with Crippen LogP contribution in [0.3, 0.4) is 0 Å². The van der Waals surface area contributed by atoms with Crippen LogP contribution >= 0.6 is 0 Å². The number of nitrogens with zero attached hydrogens (tertiary/aromatic N) is 2. The van der Waals surface area contributed by atoms with Gasteiger partial charge in [-0.3, -0.25) is 14.2 Å². The van der Waals surface area contributed by atoms with Crippen molar-refractivity contribution < 1.29 is 22.7 Å². The first-order valence-corrected chi connectivity index (χ1v) is 8.88. The summed E-state index contributed by atoms with van der Waals surface area (Å²) in [5, 5.41) is 2.43. The smallest absolute Gasteiger partial charge is 0.416 e. The van der Waals surface area contributed by atoms with Gasteiger partial charge in [0.25, 0.3) is 5.56 Å². The Balaban J connectivity index is 1.90. The molecule has 3 rings (SSSR count). The molecule has 0 fully saturated rings. The molecule has 1 N–H and O–H groups in total. The Hall–Kier alpha value is -3.36. The van der Waals surface area contributed by atoms with Crippen LogP contribution in [0.5, 0.6) is 5.75 Å². The van der Waals surface area contributed by atoms with Crippen LogP contribution in [0.1, 0.15) is 18.9 Å². The zero-order valence-electron chi connectivity index (χ0n) is 15.5. The van der Waals surface area contributed by atoms with E-state index in [0.29, 0.717) is 17.5 Å². The topological polar surface area (TPSA) is 73.2 Å². The molecular weight excluding hydrogens is 387 g/mol. The lowest BCUT2D eigenvalue weighted by Gasteiger charge is -2.16. The number of halogens is 3. The van der Waals surface area contributed by atoms with Crippen molar-refractivity contribution in [3.63, 3.8) is 0 Å². The lowest BCUT2D eigenvalue weighted by molar-refractivity contribution is -0.137. The second kappa shape index (κ2) is 8.34. The highest BCUT2D eigenvalue weighted by atomic mass is 19.4. The van der Waals surface area contributed by atoms with E-state index in [-0.39, 0.29) is 24.6 Å². The summed E-state index contributed by atoms with van der Waals surface area (Å²) < 4.78 is 45.8. The van der Waals surface area contributed by atoms with E-state index in [1.54, 1.807) is 24.3 Å². The molecule has 152 valence electrons.